The zero-order valence-electron chi connectivity index (χ0n) is 22.5. The molecule has 4 rings (SSSR count). The largest absolute Gasteiger partial charge is 0.418 e. The fourth-order valence-electron chi connectivity index (χ4n) is 5.42. The van der Waals surface area contributed by atoms with Gasteiger partial charge < -0.3 is 0 Å². The van der Waals surface area contributed by atoms with E-state index in [9.17, 15) is 22.4 Å². The Labute approximate surface area is 228 Å². The number of benzene rings is 1. The molecule has 0 bridgehead atoms. The molecule has 1 unspecified atom stereocenters. The summed E-state index contributed by atoms with van der Waals surface area (Å²) in [4.78, 5) is 15.9. The van der Waals surface area contributed by atoms with Crippen molar-refractivity contribution in [2.45, 2.75) is 63.6 Å². The van der Waals surface area contributed by atoms with Gasteiger partial charge in [-0.15, -0.1) is 0 Å². The third-order valence-corrected chi connectivity index (χ3v) is 7.72. The summed E-state index contributed by atoms with van der Waals surface area (Å²) in [5, 5.41) is 0. The number of hydrogen-bond donors (Lipinski definition) is 2. The van der Waals surface area contributed by atoms with Gasteiger partial charge in [-0.05, 0) is 49.0 Å². The van der Waals surface area contributed by atoms with E-state index in [2.05, 4.69) is 10.9 Å². The Bertz CT molecular complexity index is 1210. The van der Waals surface area contributed by atoms with Crippen LogP contribution in [0.1, 0.15) is 38.3 Å². The van der Waals surface area contributed by atoms with E-state index in [0.29, 0.717) is 6.54 Å². The first-order valence-electron chi connectivity index (χ1n) is 13.1. The SMILES string of the molecule is C/C=C1/C(C(F)(F)F)=CC(CN2CC[C@H](F)C2)=CN1C(=O)Cc1cccc([C@](C)(F)C(F)(F)C2NNC[C@@H]2C)c1. The van der Waals surface area contributed by atoms with Crippen molar-refractivity contribution >= 4 is 5.91 Å². The molecule has 0 spiro atoms. The zero-order chi connectivity index (χ0) is 29.5. The second kappa shape index (κ2) is 11.3. The number of hydrazine groups is 1. The molecule has 40 heavy (non-hydrogen) atoms. The van der Waals surface area contributed by atoms with Crippen molar-refractivity contribution in [3.8, 4) is 0 Å². The predicted molar refractivity (Wildman–Crippen MR) is 136 cm³/mol. The first-order chi connectivity index (χ1) is 18.6. The molecule has 0 aromatic heterocycles. The normalized spacial score (nSPS) is 27.1. The number of halogens is 7. The van der Waals surface area contributed by atoms with E-state index in [1.54, 1.807) is 11.8 Å². The number of rotatable bonds is 7. The van der Waals surface area contributed by atoms with Crippen molar-refractivity contribution in [3.05, 3.63) is 70.6 Å². The van der Waals surface area contributed by atoms with E-state index < -0.39 is 53.8 Å². The summed E-state index contributed by atoms with van der Waals surface area (Å²) in [7, 11) is 0. The van der Waals surface area contributed by atoms with E-state index in [1.807, 2.05) is 0 Å². The minimum absolute atomic E-state index is 0.0219. The minimum Gasteiger partial charge on any atom is -0.296 e. The highest BCUT2D eigenvalue weighted by atomic mass is 19.4. The van der Waals surface area contributed by atoms with E-state index in [1.165, 1.54) is 31.3 Å². The van der Waals surface area contributed by atoms with Crippen LogP contribution in [-0.2, 0) is 16.9 Å². The maximum absolute atomic E-state index is 15.8. The van der Waals surface area contributed by atoms with Crippen molar-refractivity contribution in [3.63, 3.8) is 0 Å². The number of carbonyl (C=O) groups excluding carboxylic acids is 1. The molecule has 1 aromatic carbocycles. The summed E-state index contributed by atoms with van der Waals surface area (Å²) >= 11 is 0. The molecule has 2 N–H and O–H groups in total. The van der Waals surface area contributed by atoms with Crippen LogP contribution in [0.4, 0.5) is 30.7 Å². The maximum Gasteiger partial charge on any atom is 0.418 e. The molecule has 0 aliphatic carbocycles. The molecule has 3 aliphatic heterocycles. The molecular formula is C28H33F7N4O. The molecule has 2 fully saturated rings. The standard InChI is InChI=1S/C28H33F7N4O/c1-4-23-22(28(33,34)35)11-19(14-38-9-8-21(29)16-38)15-39(23)24(40)12-18-6-5-7-20(10-18)26(3,30)27(31,32)25-17(2)13-36-37-25/h4-7,10-11,15,17,21,25,36-37H,8-9,12-14,16H2,1-3H3/b23-4-/t17-,21-,25?,26-/m0/s1. The second-order valence-electron chi connectivity index (χ2n) is 10.8. The monoisotopic (exact) mass is 574 g/mol. The van der Waals surface area contributed by atoms with Crippen LogP contribution in [0.2, 0.25) is 0 Å². The van der Waals surface area contributed by atoms with Gasteiger partial charge in [-0.1, -0.05) is 37.3 Å². The topological polar surface area (TPSA) is 47.6 Å². The smallest absolute Gasteiger partial charge is 0.296 e. The number of nitrogens with one attached hydrogen (secondary N) is 2. The molecule has 1 aromatic rings. The van der Waals surface area contributed by atoms with Crippen LogP contribution in [0.3, 0.4) is 0 Å². The van der Waals surface area contributed by atoms with Gasteiger partial charge in [0.05, 0.1) is 23.7 Å². The molecule has 12 heteroatoms. The highest BCUT2D eigenvalue weighted by molar-refractivity contribution is 5.83. The number of amides is 1. The Hall–Kier alpha value is -2.70. The fourth-order valence-corrected chi connectivity index (χ4v) is 5.42. The van der Waals surface area contributed by atoms with Crippen molar-refractivity contribution in [2.75, 3.05) is 26.2 Å². The number of allylic oxidation sites excluding steroid dienone is 2. The first kappa shape index (κ1) is 30.3. The average molecular weight is 575 g/mol. The Kier molecular flexibility index (Phi) is 8.54. The van der Waals surface area contributed by atoms with Gasteiger partial charge >= 0.3 is 12.1 Å². The number of hydrogen-bond acceptors (Lipinski definition) is 4. The Morgan fingerprint density at radius 2 is 1.90 bits per heavy atom. The molecule has 2 saturated heterocycles. The zero-order valence-corrected chi connectivity index (χ0v) is 22.5. The summed E-state index contributed by atoms with van der Waals surface area (Å²) in [6.07, 6.45) is -2.61. The molecule has 4 atom stereocenters. The molecule has 5 nitrogen and oxygen atoms in total. The summed E-state index contributed by atoms with van der Waals surface area (Å²) < 4.78 is 102. The molecule has 3 heterocycles. The first-order valence-corrected chi connectivity index (χ1v) is 13.1. The lowest BCUT2D eigenvalue weighted by Crippen LogP contribution is -2.55. The third kappa shape index (κ3) is 5.99. The summed E-state index contributed by atoms with van der Waals surface area (Å²) in [5.41, 5.74) is 0.544. The van der Waals surface area contributed by atoms with Crippen LogP contribution in [-0.4, -0.2) is 66.2 Å². The number of likely N-dealkylation sites (tertiary alicyclic amines) is 1. The molecule has 0 radical (unpaired) electrons. The van der Waals surface area contributed by atoms with Gasteiger partial charge in [0.15, 0.2) is 5.67 Å². The summed E-state index contributed by atoms with van der Waals surface area (Å²) in [6.45, 7) is 4.44. The van der Waals surface area contributed by atoms with Crippen LogP contribution >= 0.6 is 0 Å². The van der Waals surface area contributed by atoms with E-state index >= 15 is 13.2 Å². The predicted octanol–water partition coefficient (Wildman–Crippen LogP) is 5.32. The minimum atomic E-state index is -4.77. The maximum atomic E-state index is 15.8. The number of alkyl halides is 7. The van der Waals surface area contributed by atoms with Gasteiger partial charge in [0, 0.05) is 32.4 Å². The molecular weight excluding hydrogens is 541 g/mol. The van der Waals surface area contributed by atoms with Crippen molar-refractivity contribution in [1.29, 1.82) is 0 Å². The fraction of sp³-hybridized carbons (Fsp3) is 0.536. The highest BCUT2D eigenvalue weighted by Gasteiger charge is 2.60. The van der Waals surface area contributed by atoms with Crippen molar-refractivity contribution in [2.24, 2.45) is 5.92 Å². The molecule has 220 valence electrons. The quantitative estimate of drug-likeness (QED) is 0.433. The molecule has 3 aliphatic rings. The van der Waals surface area contributed by atoms with Crippen LogP contribution in [0, 0.1) is 5.92 Å². The lowest BCUT2D eigenvalue weighted by Gasteiger charge is -2.36. The Morgan fingerprint density at radius 3 is 2.48 bits per heavy atom. The van der Waals surface area contributed by atoms with Crippen LogP contribution in [0.15, 0.2) is 59.5 Å². The lowest BCUT2D eigenvalue weighted by molar-refractivity contribution is -0.160. The van der Waals surface area contributed by atoms with Gasteiger partial charge in [0.1, 0.15) is 6.17 Å². The van der Waals surface area contributed by atoms with Gasteiger partial charge in [0.25, 0.3) is 0 Å². The average Bonchev–Trinajstić information content (AvgIpc) is 3.50. The Balaban J connectivity index is 1.60. The number of carbonyl (C=O) groups is 1. The highest BCUT2D eigenvalue weighted by Crippen LogP contribution is 2.46. The Morgan fingerprint density at radius 1 is 1.18 bits per heavy atom. The van der Waals surface area contributed by atoms with Gasteiger partial charge in [-0.25, -0.2) is 23.0 Å². The van der Waals surface area contributed by atoms with E-state index in [4.69, 9.17) is 0 Å². The number of nitrogens with zero attached hydrogens (tertiary/aromatic N) is 2. The summed E-state index contributed by atoms with van der Waals surface area (Å²) in [5.74, 6) is -5.13. The lowest BCUT2D eigenvalue weighted by atomic mass is 9.82. The van der Waals surface area contributed by atoms with E-state index in [-0.39, 0.29) is 48.5 Å². The third-order valence-electron chi connectivity index (χ3n) is 7.72. The van der Waals surface area contributed by atoms with Gasteiger partial charge in [0.2, 0.25) is 5.91 Å². The van der Waals surface area contributed by atoms with Gasteiger partial charge in [-0.2, -0.15) is 13.2 Å². The van der Waals surface area contributed by atoms with E-state index in [0.717, 1.165) is 30.0 Å². The van der Waals surface area contributed by atoms with Crippen LogP contribution in [0.5, 0.6) is 0 Å². The van der Waals surface area contributed by atoms with Gasteiger partial charge in [-0.3, -0.25) is 20.0 Å². The van der Waals surface area contributed by atoms with Crippen LogP contribution in [0.25, 0.3) is 0 Å². The molecule has 0 saturated carbocycles. The van der Waals surface area contributed by atoms with Crippen molar-refractivity contribution < 1.29 is 35.5 Å². The summed E-state index contributed by atoms with van der Waals surface area (Å²) in [6, 6.07) is 3.64. The van der Waals surface area contributed by atoms with Crippen LogP contribution < -0.4 is 10.9 Å². The van der Waals surface area contributed by atoms with Crippen molar-refractivity contribution in [1.82, 2.24) is 20.7 Å². The second-order valence-corrected chi connectivity index (χ2v) is 10.8. The molecule has 1 amide bonds.